The first-order valence-electron chi connectivity index (χ1n) is 3.76. The zero-order chi connectivity index (χ0) is 7.40. The average molecular weight is 142 g/mol. The van der Waals surface area contributed by atoms with E-state index in [2.05, 4.69) is 6.08 Å². The predicted octanol–water partition coefficient (Wildman–Crippen LogP) is 1.10. The lowest BCUT2D eigenvalue weighted by atomic mass is 10.2. The van der Waals surface area contributed by atoms with E-state index >= 15 is 0 Å². The number of epoxide rings is 1. The number of allylic oxidation sites excluding steroid dienone is 2. The summed E-state index contributed by atoms with van der Waals surface area (Å²) in [4.78, 5) is 0. The third-order valence-electron chi connectivity index (χ3n) is 1.72. The van der Waals surface area contributed by atoms with Crippen LogP contribution in [-0.2, 0) is 4.74 Å². The fourth-order valence-electron chi connectivity index (χ4n) is 1.02. The Morgan fingerprint density at radius 2 is 2.30 bits per heavy atom. The average Bonchev–Trinajstić information content (AvgIpc) is 2.68. The minimum Gasteiger partial charge on any atom is -0.394 e. The molecule has 1 aliphatic heterocycles. The van der Waals surface area contributed by atoms with Crippen molar-refractivity contribution in [2.45, 2.75) is 32.0 Å². The summed E-state index contributed by atoms with van der Waals surface area (Å²) in [5.74, 6) is 0. The maximum absolute atomic E-state index is 8.59. The van der Waals surface area contributed by atoms with Gasteiger partial charge in [0.05, 0.1) is 12.7 Å². The van der Waals surface area contributed by atoms with E-state index in [1.54, 1.807) is 0 Å². The predicted molar refractivity (Wildman–Crippen MR) is 39.8 cm³/mol. The van der Waals surface area contributed by atoms with Crippen molar-refractivity contribution in [2.24, 2.45) is 0 Å². The van der Waals surface area contributed by atoms with Crippen LogP contribution < -0.4 is 0 Å². The van der Waals surface area contributed by atoms with Crippen LogP contribution >= 0.6 is 0 Å². The van der Waals surface area contributed by atoms with Crippen LogP contribution in [0.3, 0.4) is 0 Å². The van der Waals surface area contributed by atoms with Crippen molar-refractivity contribution in [3.63, 3.8) is 0 Å². The molecule has 1 fully saturated rings. The quantitative estimate of drug-likeness (QED) is 0.471. The molecular weight excluding hydrogens is 128 g/mol. The van der Waals surface area contributed by atoms with E-state index < -0.39 is 0 Å². The maximum Gasteiger partial charge on any atom is 0.107 e. The van der Waals surface area contributed by atoms with Gasteiger partial charge in [-0.15, -0.1) is 0 Å². The Bertz CT molecular complexity index is 120. The van der Waals surface area contributed by atoms with Gasteiger partial charge in [-0.2, -0.15) is 0 Å². The molecule has 2 nitrogen and oxygen atoms in total. The molecule has 0 aliphatic carbocycles. The van der Waals surface area contributed by atoms with Crippen molar-refractivity contribution in [1.82, 2.24) is 0 Å². The number of hydrogen-bond acceptors (Lipinski definition) is 2. The van der Waals surface area contributed by atoms with Crippen molar-refractivity contribution >= 4 is 0 Å². The van der Waals surface area contributed by atoms with Crippen LogP contribution in [0, 0.1) is 0 Å². The van der Waals surface area contributed by atoms with Crippen molar-refractivity contribution in [2.75, 3.05) is 6.61 Å². The van der Waals surface area contributed by atoms with Crippen LogP contribution in [0.1, 0.15) is 19.8 Å². The summed E-state index contributed by atoms with van der Waals surface area (Å²) in [5.41, 5.74) is 0. The van der Waals surface area contributed by atoms with Gasteiger partial charge < -0.3 is 9.84 Å². The first-order valence-corrected chi connectivity index (χ1v) is 3.76. The normalized spacial score (nSPS) is 31.4. The first kappa shape index (κ1) is 7.76. The number of ether oxygens (including phenoxy) is 1. The largest absolute Gasteiger partial charge is 0.394 e. The molecule has 0 aromatic rings. The lowest BCUT2D eigenvalue weighted by Crippen LogP contribution is -1.97. The van der Waals surface area contributed by atoms with Gasteiger partial charge in [-0.3, -0.25) is 0 Å². The second kappa shape index (κ2) is 3.74. The Labute approximate surface area is 61.5 Å². The van der Waals surface area contributed by atoms with Crippen LogP contribution in [0.15, 0.2) is 12.2 Å². The summed E-state index contributed by atoms with van der Waals surface area (Å²) in [6, 6.07) is 0. The molecule has 10 heavy (non-hydrogen) atoms. The first-order chi connectivity index (χ1) is 4.88. The van der Waals surface area contributed by atoms with Crippen molar-refractivity contribution in [3.8, 4) is 0 Å². The molecule has 0 bridgehead atoms. The Morgan fingerprint density at radius 1 is 1.50 bits per heavy atom. The van der Waals surface area contributed by atoms with E-state index in [0.29, 0.717) is 6.10 Å². The lowest BCUT2D eigenvalue weighted by Gasteiger charge is -1.86. The van der Waals surface area contributed by atoms with Gasteiger partial charge in [-0.05, 0) is 19.8 Å². The van der Waals surface area contributed by atoms with Gasteiger partial charge >= 0.3 is 0 Å². The number of rotatable bonds is 4. The molecular formula is C8H14O2. The van der Waals surface area contributed by atoms with Gasteiger partial charge in [0, 0.05) is 0 Å². The van der Waals surface area contributed by atoms with E-state index in [1.165, 1.54) is 0 Å². The fraction of sp³-hybridized carbons (Fsp3) is 0.750. The summed E-state index contributed by atoms with van der Waals surface area (Å²) in [7, 11) is 0. The Hall–Kier alpha value is -0.340. The van der Waals surface area contributed by atoms with Crippen molar-refractivity contribution in [3.05, 3.63) is 12.2 Å². The highest BCUT2D eigenvalue weighted by atomic mass is 16.6. The molecule has 0 aromatic carbocycles. The summed E-state index contributed by atoms with van der Waals surface area (Å²) in [6.45, 7) is 2.19. The van der Waals surface area contributed by atoms with E-state index in [1.807, 2.05) is 13.0 Å². The molecule has 0 radical (unpaired) electrons. The molecule has 0 unspecified atom stereocenters. The summed E-state index contributed by atoms with van der Waals surface area (Å²) >= 11 is 0. The van der Waals surface area contributed by atoms with Crippen LogP contribution in [0.2, 0.25) is 0 Å². The Morgan fingerprint density at radius 3 is 2.80 bits per heavy atom. The molecule has 0 aromatic heterocycles. The van der Waals surface area contributed by atoms with E-state index in [0.717, 1.165) is 12.8 Å². The Balaban J connectivity index is 1.96. The lowest BCUT2D eigenvalue weighted by molar-refractivity contribution is 0.241. The topological polar surface area (TPSA) is 32.8 Å². The minimum atomic E-state index is 0.144. The standard InChI is InChI=1S/C8H14O2/c1-2-3-4-5-7-8(6-9)10-7/h2-3,7-9H,4-6H2,1H3/b3-2+/t7-,8+/m1/s1. The van der Waals surface area contributed by atoms with Crippen LogP contribution in [0.4, 0.5) is 0 Å². The number of aliphatic hydroxyl groups excluding tert-OH is 1. The van der Waals surface area contributed by atoms with E-state index in [4.69, 9.17) is 9.84 Å². The van der Waals surface area contributed by atoms with Gasteiger partial charge in [0.2, 0.25) is 0 Å². The molecule has 0 saturated carbocycles. The van der Waals surface area contributed by atoms with Crippen LogP contribution in [0.25, 0.3) is 0 Å². The van der Waals surface area contributed by atoms with Crippen molar-refractivity contribution in [1.29, 1.82) is 0 Å². The zero-order valence-corrected chi connectivity index (χ0v) is 6.29. The second-order valence-electron chi connectivity index (χ2n) is 2.54. The molecule has 0 amide bonds. The highest BCUT2D eigenvalue weighted by Crippen LogP contribution is 2.25. The van der Waals surface area contributed by atoms with Gasteiger partial charge in [0.1, 0.15) is 6.10 Å². The summed E-state index contributed by atoms with van der Waals surface area (Å²) in [6.07, 6.45) is 6.76. The monoisotopic (exact) mass is 142 g/mol. The smallest absolute Gasteiger partial charge is 0.107 e. The molecule has 1 N–H and O–H groups in total. The molecule has 0 spiro atoms. The zero-order valence-electron chi connectivity index (χ0n) is 6.29. The van der Waals surface area contributed by atoms with Gasteiger partial charge in [-0.1, -0.05) is 12.2 Å². The minimum absolute atomic E-state index is 0.144. The molecule has 1 rings (SSSR count). The molecule has 1 saturated heterocycles. The second-order valence-corrected chi connectivity index (χ2v) is 2.54. The molecule has 58 valence electrons. The molecule has 1 aliphatic rings. The third-order valence-corrected chi connectivity index (χ3v) is 1.72. The Kier molecular flexibility index (Phi) is 2.90. The highest BCUT2D eigenvalue weighted by molar-refractivity contribution is 4.87. The van der Waals surface area contributed by atoms with Crippen LogP contribution in [-0.4, -0.2) is 23.9 Å². The van der Waals surface area contributed by atoms with Crippen molar-refractivity contribution < 1.29 is 9.84 Å². The highest BCUT2D eigenvalue weighted by Gasteiger charge is 2.36. The van der Waals surface area contributed by atoms with Gasteiger partial charge in [-0.25, -0.2) is 0 Å². The third kappa shape index (κ3) is 2.12. The van der Waals surface area contributed by atoms with Gasteiger partial charge in [0.15, 0.2) is 0 Å². The van der Waals surface area contributed by atoms with E-state index in [-0.39, 0.29) is 12.7 Å². The molecule has 2 heteroatoms. The van der Waals surface area contributed by atoms with Crippen LogP contribution in [0.5, 0.6) is 0 Å². The SMILES string of the molecule is C/C=C/CC[C@H]1O[C@H]1CO. The molecule has 2 atom stereocenters. The number of aliphatic hydroxyl groups is 1. The summed E-state index contributed by atoms with van der Waals surface area (Å²) in [5, 5.41) is 8.59. The summed E-state index contributed by atoms with van der Waals surface area (Å²) < 4.78 is 5.13. The fourth-order valence-corrected chi connectivity index (χ4v) is 1.02. The molecule has 1 heterocycles. The number of hydrogen-bond donors (Lipinski definition) is 1. The maximum atomic E-state index is 8.59. The van der Waals surface area contributed by atoms with E-state index in [9.17, 15) is 0 Å². The van der Waals surface area contributed by atoms with Gasteiger partial charge in [0.25, 0.3) is 0 Å².